The van der Waals surface area contributed by atoms with Gasteiger partial charge in [0.2, 0.25) is 0 Å². The molecule has 2 N–H and O–H groups in total. The third-order valence-corrected chi connectivity index (χ3v) is 5.62. The summed E-state index contributed by atoms with van der Waals surface area (Å²) in [5.41, 5.74) is 1.20. The monoisotopic (exact) mass is 434 g/mol. The van der Waals surface area contributed by atoms with Crippen molar-refractivity contribution in [3.63, 3.8) is 0 Å². The van der Waals surface area contributed by atoms with Gasteiger partial charge in [-0.2, -0.15) is 5.10 Å². The molecule has 164 valence electrons. The number of rotatable bonds is 5. The van der Waals surface area contributed by atoms with Gasteiger partial charge < -0.3 is 20.1 Å². The molecule has 2 aliphatic heterocycles. The van der Waals surface area contributed by atoms with E-state index < -0.39 is 23.8 Å². The first kappa shape index (κ1) is 20.0. The number of aromatic nitrogens is 4. The molecule has 2 fully saturated rings. The number of pyridine rings is 1. The van der Waals surface area contributed by atoms with E-state index in [4.69, 9.17) is 9.47 Å². The summed E-state index contributed by atoms with van der Waals surface area (Å²) in [5, 5.41) is 10.4. The Bertz CT molecular complexity index is 1120. The highest BCUT2D eigenvalue weighted by Gasteiger charge is 2.29. The smallest absolute Gasteiger partial charge is 0.168 e. The van der Waals surface area contributed by atoms with Gasteiger partial charge in [-0.3, -0.25) is 0 Å². The van der Waals surface area contributed by atoms with Crippen molar-refractivity contribution in [2.24, 2.45) is 0 Å². The van der Waals surface area contributed by atoms with Crippen LogP contribution in [0.5, 0.6) is 5.75 Å². The number of alkyl halides is 1. The van der Waals surface area contributed by atoms with Crippen molar-refractivity contribution in [1.29, 1.82) is 0 Å². The molecule has 8 nitrogen and oxygen atoms in total. The Morgan fingerprint density at radius 2 is 2.10 bits per heavy atom. The first-order valence-electron chi connectivity index (χ1n) is 10.0. The Kier molecular flexibility index (Phi) is 5.14. The van der Waals surface area contributed by atoms with Crippen LogP contribution in [0.3, 0.4) is 0 Å². The molecule has 3 aromatic heterocycles. The zero-order valence-corrected chi connectivity index (χ0v) is 16.7. The van der Waals surface area contributed by atoms with E-state index in [-0.39, 0.29) is 23.1 Å². The number of methoxy groups -OCH3 is 1. The van der Waals surface area contributed by atoms with Gasteiger partial charge in [-0.05, 0) is 13.0 Å². The third kappa shape index (κ3) is 3.57. The van der Waals surface area contributed by atoms with Crippen LogP contribution in [0.2, 0.25) is 0 Å². The van der Waals surface area contributed by atoms with Crippen molar-refractivity contribution in [3.05, 3.63) is 35.7 Å². The molecule has 0 spiro atoms. The second kappa shape index (κ2) is 7.97. The lowest BCUT2D eigenvalue weighted by Crippen LogP contribution is -2.46. The fraction of sp³-hybridized carbons (Fsp3) is 0.450. The first-order chi connectivity index (χ1) is 15.0. The van der Waals surface area contributed by atoms with Crippen molar-refractivity contribution < 1.29 is 22.6 Å². The van der Waals surface area contributed by atoms with Gasteiger partial charge in [-0.25, -0.2) is 27.7 Å². The Hall–Kier alpha value is -2.92. The molecule has 0 aliphatic carbocycles. The number of imidazole rings is 1. The van der Waals surface area contributed by atoms with Crippen LogP contribution in [0.4, 0.5) is 19.0 Å². The normalized spacial score (nSPS) is 21.8. The fourth-order valence-corrected chi connectivity index (χ4v) is 3.80. The average Bonchev–Trinajstić information content (AvgIpc) is 3.12. The van der Waals surface area contributed by atoms with E-state index in [1.165, 1.54) is 17.8 Å². The summed E-state index contributed by atoms with van der Waals surface area (Å²) in [6.07, 6.45) is 0.559. The van der Waals surface area contributed by atoms with Gasteiger partial charge in [0, 0.05) is 18.7 Å². The average molecular weight is 434 g/mol. The standard InChI is InChI=1S/C20H21F3N6O2/c1-30-16-5-17-25-7-15(29(17)28-18(16)10-8-31-9-10)19-12(22)4-13(23)20(27-19)26-14-6-24-3-2-11(14)21/h4-5,7,10-11,14,24H,2-3,6,8-9H2,1H3,(H,26,27). The number of hydrogen-bond acceptors (Lipinski definition) is 7. The van der Waals surface area contributed by atoms with Crippen LogP contribution in [-0.2, 0) is 4.74 Å². The first-order valence-corrected chi connectivity index (χ1v) is 10.0. The molecule has 2 saturated heterocycles. The SMILES string of the molecule is COc1cc2ncc(-c3nc(NC4CNCCC4F)c(F)cc3F)n2nc1C1COC1. The molecule has 0 radical (unpaired) electrons. The number of hydrogen-bond donors (Lipinski definition) is 2. The van der Waals surface area contributed by atoms with Crippen molar-refractivity contribution in [2.75, 3.05) is 38.7 Å². The number of piperidine rings is 1. The number of fused-ring (bicyclic) bond motifs is 1. The molecule has 5 rings (SSSR count). The topological polar surface area (TPSA) is 85.6 Å². The number of nitrogens with one attached hydrogen (secondary N) is 2. The van der Waals surface area contributed by atoms with Crippen molar-refractivity contribution in [2.45, 2.75) is 24.6 Å². The van der Waals surface area contributed by atoms with Gasteiger partial charge in [-0.1, -0.05) is 0 Å². The quantitative estimate of drug-likeness (QED) is 0.637. The molecule has 0 bridgehead atoms. The molecule has 31 heavy (non-hydrogen) atoms. The van der Waals surface area contributed by atoms with E-state index in [1.807, 2.05) is 0 Å². The molecule has 11 heteroatoms. The maximum absolute atomic E-state index is 14.7. The highest BCUT2D eigenvalue weighted by atomic mass is 19.1. The molecular formula is C20H21F3N6O2. The number of ether oxygens (including phenoxy) is 2. The molecule has 0 saturated carbocycles. The number of halogens is 3. The summed E-state index contributed by atoms with van der Waals surface area (Å²) in [6, 6.07) is 1.77. The Morgan fingerprint density at radius 3 is 2.81 bits per heavy atom. The summed E-state index contributed by atoms with van der Waals surface area (Å²) in [6.45, 7) is 1.89. The van der Waals surface area contributed by atoms with E-state index in [1.54, 1.807) is 6.07 Å². The van der Waals surface area contributed by atoms with Crippen molar-refractivity contribution in [3.8, 4) is 17.1 Å². The maximum atomic E-state index is 14.7. The van der Waals surface area contributed by atoms with Gasteiger partial charge >= 0.3 is 0 Å². The molecule has 5 heterocycles. The number of anilines is 1. The largest absolute Gasteiger partial charge is 0.495 e. The molecule has 0 amide bonds. The minimum absolute atomic E-state index is 0.0538. The lowest BCUT2D eigenvalue weighted by atomic mass is 10.0. The van der Waals surface area contributed by atoms with Gasteiger partial charge in [0.1, 0.15) is 29.0 Å². The zero-order valence-electron chi connectivity index (χ0n) is 16.7. The highest BCUT2D eigenvalue weighted by molar-refractivity contribution is 5.63. The van der Waals surface area contributed by atoms with Crippen LogP contribution in [0.15, 0.2) is 18.3 Å². The van der Waals surface area contributed by atoms with Crippen LogP contribution in [0.25, 0.3) is 17.0 Å². The molecular weight excluding hydrogens is 413 g/mol. The van der Waals surface area contributed by atoms with E-state index in [9.17, 15) is 13.2 Å². The minimum atomic E-state index is -1.16. The highest BCUT2D eigenvalue weighted by Crippen LogP contribution is 2.33. The summed E-state index contributed by atoms with van der Waals surface area (Å²) in [7, 11) is 1.54. The van der Waals surface area contributed by atoms with E-state index >= 15 is 0 Å². The van der Waals surface area contributed by atoms with Gasteiger partial charge in [0.05, 0.1) is 38.5 Å². The molecule has 3 aromatic rings. The van der Waals surface area contributed by atoms with Crippen LogP contribution >= 0.6 is 0 Å². The summed E-state index contributed by atoms with van der Waals surface area (Å²) >= 11 is 0. The van der Waals surface area contributed by atoms with E-state index in [0.717, 1.165) is 6.07 Å². The maximum Gasteiger partial charge on any atom is 0.168 e. The van der Waals surface area contributed by atoms with E-state index in [2.05, 4.69) is 25.7 Å². The fourth-order valence-electron chi connectivity index (χ4n) is 3.80. The molecule has 2 atom stereocenters. The molecule has 2 aliphatic rings. The Balaban J connectivity index is 1.56. The van der Waals surface area contributed by atoms with Crippen molar-refractivity contribution >= 4 is 11.5 Å². The second-order valence-electron chi connectivity index (χ2n) is 7.65. The summed E-state index contributed by atoms with van der Waals surface area (Å²) in [5.74, 6) is -1.36. The zero-order chi connectivity index (χ0) is 21.5. The lowest BCUT2D eigenvalue weighted by molar-refractivity contribution is 0.00530. The van der Waals surface area contributed by atoms with Crippen molar-refractivity contribution in [1.82, 2.24) is 24.9 Å². The third-order valence-electron chi connectivity index (χ3n) is 5.62. The lowest BCUT2D eigenvalue weighted by Gasteiger charge is -2.28. The predicted octanol–water partition coefficient (Wildman–Crippen LogP) is 2.30. The van der Waals surface area contributed by atoms with Crippen LogP contribution < -0.4 is 15.4 Å². The predicted molar refractivity (Wildman–Crippen MR) is 106 cm³/mol. The van der Waals surface area contributed by atoms with Crippen LogP contribution in [0.1, 0.15) is 18.0 Å². The number of nitrogens with zero attached hydrogens (tertiary/aromatic N) is 4. The van der Waals surface area contributed by atoms with E-state index in [0.29, 0.717) is 49.8 Å². The summed E-state index contributed by atoms with van der Waals surface area (Å²) < 4.78 is 55.4. The van der Waals surface area contributed by atoms with Crippen LogP contribution in [-0.4, -0.2) is 65.2 Å². The van der Waals surface area contributed by atoms with Gasteiger partial charge in [0.15, 0.2) is 23.1 Å². The minimum Gasteiger partial charge on any atom is -0.495 e. The second-order valence-corrected chi connectivity index (χ2v) is 7.65. The molecule has 0 aromatic carbocycles. The Morgan fingerprint density at radius 1 is 1.26 bits per heavy atom. The Labute approximate surface area is 175 Å². The van der Waals surface area contributed by atoms with Crippen LogP contribution in [0, 0.1) is 11.6 Å². The summed E-state index contributed by atoms with van der Waals surface area (Å²) in [4.78, 5) is 8.40. The van der Waals surface area contributed by atoms with Gasteiger partial charge in [-0.15, -0.1) is 0 Å². The van der Waals surface area contributed by atoms with Gasteiger partial charge in [0.25, 0.3) is 0 Å². The molecule has 2 unspecified atom stereocenters.